The number of carboxylic acid groups (broad SMARTS) is 1. The van der Waals surface area contributed by atoms with Gasteiger partial charge in [0.25, 0.3) is 0 Å². The maximum Gasteiger partial charge on any atom is 0.303 e. The first-order chi connectivity index (χ1) is 7.06. The van der Waals surface area contributed by atoms with E-state index in [2.05, 4.69) is 5.32 Å². The molecule has 0 aliphatic heterocycles. The number of amides is 1. The van der Waals surface area contributed by atoms with Crippen LogP contribution in [-0.2, 0) is 9.59 Å². The van der Waals surface area contributed by atoms with Crippen LogP contribution < -0.4 is 5.32 Å². The lowest BCUT2D eigenvalue weighted by Crippen LogP contribution is -2.24. The molecule has 0 heterocycles. The zero-order valence-electron chi connectivity index (χ0n) is 9.45. The van der Waals surface area contributed by atoms with Crippen molar-refractivity contribution < 1.29 is 14.7 Å². The van der Waals surface area contributed by atoms with Crippen molar-refractivity contribution in [1.82, 2.24) is 10.2 Å². The SMILES string of the molecule is CNC(=O)CCCN(C)CCCC(=O)O. The van der Waals surface area contributed by atoms with Crippen LogP contribution in [0.5, 0.6) is 0 Å². The van der Waals surface area contributed by atoms with Crippen molar-refractivity contribution in [3.8, 4) is 0 Å². The Kier molecular flexibility index (Phi) is 7.62. The quantitative estimate of drug-likeness (QED) is 0.612. The Morgan fingerprint density at radius 1 is 1.20 bits per heavy atom. The molecule has 0 aliphatic rings. The highest BCUT2D eigenvalue weighted by molar-refractivity contribution is 5.75. The molecule has 0 aromatic heterocycles. The van der Waals surface area contributed by atoms with Crippen molar-refractivity contribution in [2.45, 2.75) is 25.7 Å². The summed E-state index contributed by atoms with van der Waals surface area (Å²) in [4.78, 5) is 23.2. The second-order valence-corrected chi connectivity index (χ2v) is 3.58. The molecule has 0 unspecified atom stereocenters. The Morgan fingerprint density at radius 3 is 2.20 bits per heavy atom. The molecule has 0 saturated heterocycles. The highest BCUT2D eigenvalue weighted by Crippen LogP contribution is 1.96. The van der Waals surface area contributed by atoms with Gasteiger partial charge >= 0.3 is 5.97 Å². The Hall–Kier alpha value is -1.10. The summed E-state index contributed by atoms with van der Waals surface area (Å²) in [5, 5.41) is 11.0. The summed E-state index contributed by atoms with van der Waals surface area (Å²) >= 11 is 0. The molecule has 0 aromatic rings. The molecule has 0 spiro atoms. The van der Waals surface area contributed by atoms with Gasteiger partial charge in [0.1, 0.15) is 0 Å². The van der Waals surface area contributed by atoms with Gasteiger partial charge in [-0.3, -0.25) is 9.59 Å². The van der Waals surface area contributed by atoms with Crippen LogP contribution in [0.4, 0.5) is 0 Å². The van der Waals surface area contributed by atoms with Gasteiger partial charge in [0.05, 0.1) is 0 Å². The van der Waals surface area contributed by atoms with E-state index in [1.54, 1.807) is 7.05 Å². The number of carbonyl (C=O) groups is 2. The second kappa shape index (κ2) is 8.23. The molecular formula is C10H20N2O3. The highest BCUT2D eigenvalue weighted by atomic mass is 16.4. The molecule has 0 aromatic carbocycles. The number of carbonyl (C=O) groups excluding carboxylic acids is 1. The van der Waals surface area contributed by atoms with Gasteiger partial charge in [-0.05, 0) is 33.0 Å². The zero-order valence-corrected chi connectivity index (χ0v) is 9.45. The molecule has 0 rings (SSSR count). The van der Waals surface area contributed by atoms with Crippen molar-refractivity contribution in [3.63, 3.8) is 0 Å². The van der Waals surface area contributed by atoms with Crippen molar-refractivity contribution in [1.29, 1.82) is 0 Å². The van der Waals surface area contributed by atoms with Crippen LogP contribution in [0.1, 0.15) is 25.7 Å². The fourth-order valence-electron chi connectivity index (χ4n) is 1.25. The molecule has 0 fully saturated rings. The van der Waals surface area contributed by atoms with Crippen LogP contribution in [0.15, 0.2) is 0 Å². The summed E-state index contributed by atoms with van der Waals surface area (Å²) in [6, 6.07) is 0. The third-order valence-corrected chi connectivity index (χ3v) is 2.15. The molecule has 0 radical (unpaired) electrons. The molecule has 88 valence electrons. The normalized spacial score (nSPS) is 10.3. The lowest BCUT2D eigenvalue weighted by Gasteiger charge is -2.15. The van der Waals surface area contributed by atoms with E-state index in [9.17, 15) is 9.59 Å². The topological polar surface area (TPSA) is 69.6 Å². The van der Waals surface area contributed by atoms with Crippen LogP contribution in [0.3, 0.4) is 0 Å². The van der Waals surface area contributed by atoms with Gasteiger partial charge in [0, 0.05) is 19.9 Å². The minimum atomic E-state index is -0.756. The third-order valence-electron chi connectivity index (χ3n) is 2.15. The van der Waals surface area contributed by atoms with Crippen molar-refractivity contribution in [2.75, 3.05) is 27.2 Å². The Balaban J connectivity index is 3.37. The summed E-state index contributed by atoms with van der Waals surface area (Å²) in [7, 11) is 3.56. The number of carboxylic acids is 1. The fourth-order valence-corrected chi connectivity index (χ4v) is 1.25. The van der Waals surface area contributed by atoms with E-state index in [0.717, 1.165) is 19.5 Å². The molecule has 0 bridgehead atoms. The van der Waals surface area contributed by atoms with E-state index in [0.29, 0.717) is 12.8 Å². The van der Waals surface area contributed by atoms with E-state index in [4.69, 9.17) is 5.11 Å². The van der Waals surface area contributed by atoms with E-state index in [-0.39, 0.29) is 12.3 Å². The summed E-state index contributed by atoms with van der Waals surface area (Å²) in [5.74, 6) is -0.706. The molecule has 1 amide bonds. The smallest absolute Gasteiger partial charge is 0.303 e. The van der Waals surface area contributed by atoms with Gasteiger partial charge in [0.15, 0.2) is 0 Å². The number of hydrogen-bond donors (Lipinski definition) is 2. The first-order valence-corrected chi connectivity index (χ1v) is 5.17. The average Bonchev–Trinajstić information content (AvgIpc) is 2.17. The second-order valence-electron chi connectivity index (χ2n) is 3.58. The number of nitrogens with zero attached hydrogens (tertiary/aromatic N) is 1. The largest absolute Gasteiger partial charge is 0.481 e. The highest BCUT2D eigenvalue weighted by Gasteiger charge is 2.02. The van der Waals surface area contributed by atoms with Crippen molar-refractivity contribution in [3.05, 3.63) is 0 Å². The van der Waals surface area contributed by atoms with Gasteiger partial charge in [-0.25, -0.2) is 0 Å². The first kappa shape index (κ1) is 13.9. The lowest BCUT2D eigenvalue weighted by molar-refractivity contribution is -0.137. The first-order valence-electron chi connectivity index (χ1n) is 5.17. The summed E-state index contributed by atoms with van der Waals surface area (Å²) in [6.45, 7) is 1.59. The maximum atomic E-state index is 10.9. The average molecular weight is 216 g/mol. The van der Waals surface area contributed by atoms with E-state index >= 15 is 0 Å². The Bertz CT molecular complexity index is 207. The van der Waals surface area contributed by atoms with Gasteiger partial charge in [0.2, 0.25) is 5.91 Å². The number of hydrogen-bond acceptors (Lipinski definition) is 3. The van der Waals surface area contributed by atoms with E-state index in [1.807, 2.05) is 11.9 Å². The zero-order chi connectivity index (χ0) is 11.7. The predicted octanol–water partition coefficient (Wildman–Crippen LogP) is 0.309. The van der Waals surface area contributed by atoms with Crippen LogP contribution in [0, 0.1) is 0 Å². The van der Waals surface area contributed by atoms with E-state index in [1.165, 1.54) is 0 Å². The summed E-state index contributed by atoms with van der Waals surface area (Å²) in [6.07, 6.45) is 2.20. The van der Waals surface area contributed by atoms with Gasteiger partial charge in [-0.15, -0.1) is 0 Å². The minimum Gasteiger partial charge on any atom is -0.481 e. The van der Waals surface area contributed by atoms with Crippen LogP contribution in [-0.4, -0.2) is 49.1 Å². The molecule has 0 aliphatic carbocycles. The molecule has 15 heavy (non-hydrogen) atoms. The van der Waals surface area contributed by atoms with E-state index < -0.39 is 5.97 Å². The maximum absolute atomic E-state index is 10.9. The van der Waals surface area contributed by atoms with Gasteiger partial charge in [-0.1, -0.05) is 0 Å². The predicted molar refractivity (Wildman–Crippen MR) is 57.7 cm³/mol. The summed E-state index contributed by atoms with van der Waals surface area (Å²) < 4.78 is 0. The molecule has 0 saturated carbocycles. The Labute approximate surface area is 90.5 Å². The molecular weight excluding hydrogens is 196 g/mol. The third kappa shape index (κ3) is 9.21. The summed E-state index contributed by atoms with van der Waals surface area (Å²) in [5.41, 5.74) is 0. The minimum absolute atomic E-state index is 0.0499. The van der Waals surface area contributed by atoms with Gasteiger partial charge in [-0.2, -0.15) is 0 Å². The monoisotopic (exact) mass is 216 g/mol. The Morgan fingerprint density at radius 2 is 1.73 bits per heavy atom. The van der Waals surface area contributed by atoms with Crippen molar-refractivity contribution in [2.24, 2.45) is 0 Å². The lowest BCUT2D eigenvalue weighted by atomic mass is 10.2. The molecule has 5 heteroatoms. The van der Waals surface area contributed by atoms with Gasteiger partial charge < -0.3 is 15.3 Å². The number of nitrogens with one attached hydrogen (secondary N) is 1. The number of rotatable bonds is 8. The van der Waals surface area contributed by atoms with Crippen LogP contribution in [0.2, 0.25) is 0 Å². The molecule has 2 N–H and O–H groups in total. The number of aliphatic carboxylic acids is 1. The molecule has 5 nitrogen and oxygen atoms in total. The van der Waals surface area contributed by atoms with Crippen LogP contribution in [0.25, 0.3) is 0 Å². The standard InChI is InChI=1S/C10H20N2O3/c1-11-9(13)5-3-7-12(2)8-4-6-10(14)15/h3-8H2,1-2H3,(H,11,13)(H,14,15). The van der Waals surface area contributed by atoms with Crippen LogP contribution >= 0.6 is 0 Å². The fraction of sp³-hybridized carbons (Fsp3) is 0.800. The molecule has 0 atom stereocenters. The van der Waals surface area contributed by atoms with Crippen molar-refractivity contribution >= 4 is 11.9 Å².